The fraction of sp³-hybridized carbons (Fsp3) is 0.667. The number of hydrogen-bond acceptors (Lipinski definition) is 5. The summed E-state index contributed by atoms with van der Waals surface area (Å²) in [5.74, 6) is 1.14. The summed E-state index contributed by atoms with van der Waals surface area (Å²) in [6.07, 6.45) is 11.1. The first-order valence-corrected chi connectivity index (χ1v) is 9.30. The molecule has 0 aliphatic carbocycles. The van der Waals surface area contributed by atoms with Crippen molar-refractivity contribution in [2.45, 2.75) is 51.0 Å². The molecule has 7 heteroatoms. The molecule has 0 bridgehead atoms. The Labute approximate surface area is 148 Å². The van der Waals surface area contributed by atoms with Gasteiger partial charge in [-0.3, -0.25) is 14.6 Å². The second-order valence-corrected chi connectivity index (χ2v) is 6.83. The highest BCUT2D eigenvalue weighted by Crippen LogP contribution is 2.17. The molecule has 0 spiro atoms. The number of carbonyl (C=O) groups excluding carboxylic acids is 2. The van der Waals surface area contributed by atoms with Crippen molar-refractivity contribution in [1.82, 2.24) is 20.2 Å². The number of nitrogens with zero attached hydrogens (tertiary/aromatic N) is 4. The van der Waals surface area contributed by atoms with Crippen LogP contribution in [0.25, 0.3) is 0 Å². The van der Waals surface area contributed by atoms with E-state index < -0.39 is 0 Å². The van der Waals surface area contributed by atoms with Crippen molar-refractivity contribution in [3.05, 3.63) is 18.6 Å². The Bertz CT molecular complexity index is 572. The van der Waals surface area contributed by atoms with Crippen LogP contribution in [0.5, 0.6) is 0 Å². The van der Waals surface area contributed by atoms with E-state index in [4.69, 9.17) is 0 Å². The van der Waals surface area contributed by atoms with Crippen LogP contribution >= 0.6 is 0 Å². The van der Waals surface area contributed by atoms with Crippen molar-refractivity contribution < 1.29 is 9.59 Å². The summed E-state index contributed by atoms with van der Waals surface area (Å²) < 4.78 is 0. The number of nitrogens with one attached hydrogen (secondary N) is 1. The highest BCUT2D eigenvalue weighted by atomic mass is 16.2. The third kappa shape index (κ3) is 5.14. The smallest absolute Gasteiger partial charge is 0.222 e. The largest absolute Gasteiger partial charge is 0.355 e. The summed E-state index contributed by atoms with van der Waals surface area (Å²) in [5.41, 5.74) is 0. The number of piperidine rings is 1. The highest BCUT2D eigenvalue weighted by molar-refractivity contribution is 5.79. The lowest BCUT2D eigenvalue weighted by Gasteiger charge is -2.33. The maximum atomic E-state index is 12.2. The molecule has 25 heavy (non-hydrogen) atoms. The van der Waals surface area contributed by atoms with Gasteiger partial charge >= 0.3 is 0 Å². The van der Waals surface area contributed by atoms with E-state index in [0.29, 0.717) is 19.4 Å². The summed E-state index contributed by atoms with van der Waals surface area (Å²) >= 11 is 0. The van der Waals surface area contributed by atoms with Crippen LogP contribution in [-0.2, 0) is 9.59 Å². The lowest BCUT2D eigenvalue weighted by atomic mass is 10.0. The molecule has 2 aliphatic heterocycles. The van der Waals surface area contributed by atoms with Crippen LogP contribution in [0, 0.1) is 0 Å². The van der Waals surface area contributed by atoms with E-state index in [9.17, 15) is 9.59 Å². The minimum absolute atomic E-state index is 0.0509. The van der Waals surface area contributed by atoms with Crippen molar-refractivity contribution in [1.29, 1.82) is 0 Å². The second-order valence-electron chi connectivity index (χ2n) is 6.83. The van der Waals surface area contributed by atoms with Gasteiger partial charge < -0.3 is 15.1 Å². The second kappa shape index (κ2) is 8.78. The van der Waals surface area contributed by atoms with Gasteiger partial charge in [-0.15, -0.1) is 0 Å². The van der Waals surface area contributed by atoms with Crippen LogP contribution in [0.2, 0.25) is 0 Å². The van der Waals surface area contributed by atoms with E-state index in [1.54, 1.807) is 18.6 Å². The first kappa shape index (κ1) is 17.6. The summed E-state index contributed by atoms with van der Waals surface area (Å²) in [6, 6.07) is 0.209. The predicted octanol–water partition coefficient (Wildman–Crippen LogP) is 1.35. The first-order valence-electron chi connectivity index (χ1n) is 9.30. The van der Waals surface area contributed by atoms with Gasteiger partial charge in [0, 0.05) is 57.5 Å². The van der Waals surface area contributed by atoms with Gasteiger partial charge in [0.15, 0.2) is 0 Å². The lowest BCUT2D eigenvalue weighted by molar-refractivity contribution is -0.131. The summed E-state index contributed by atoms with van der Waals surface area (Å²) in [7, 11) is 0. The molecule has 3 heterocycles. The van der Waals surface area contributed by atoms with Gasteiger partial charge in [-0.25, -0.2) is 4.98 Å². The zero-order valence-electron chi connectivity index (χ0n) is 14.7. The van der Waals surface area contributed by atoms with Crippen LogP contribution in [0.3, 0.4) is 0 Å². The summed E-state index contributed by atoms with van der Waals surface area (Å²) in [5, 5.41) is 3.12. The fourth-order valence-corrected chi connectivity index (χ4v) is 3.52. The van der Waals surface area contributed by atoms with Crippen LogP contribution in [-0.4, -0.2) is 58.9 Å². The molecule has 3 rings (SSSR count). The van der Waals surface area contributed by atoms with Crippen molar-refractivity contribution >= 4 is 17.6 Å². The van der Waals surface area contributed by atoms with Crippen molar-refractivity contribution in [2.24, 2.45) is 0 Å². The minimum atomic E-state index is 0.0509. The van der Waals surface area contributed by atoms with E-state index in [-0.39, 0.29) is 17.9 Å². The SMILES string of the molecule is O=C(CCN1CCCCCC1=O)NC1CCN(c2cnccn2)CC1. The monoisotopic (exact) mass is 345 g/mol. The molecule has 1 aromatic heterocycles. The fourth-order valence-electron chi connectivity index (χ4n) is 3.52. The highest BCUT2D eigenvalue weighted by Gasteiger charge is 2.22. The number of anilines is 1. The summed E-state index contributed by atoms with van der Waals surface area (Å²) in [6.45, 7) is 3.08. The minimum Gasteiger partial charge on any atom is -0.355 e. The number of hydrogen-bond donors (Lipinski definition) is 1. The molecule has 7 nitrogen and oxygen atoms in total. The molecule has 0 atom stereocenters. The molecule has 0 radical (unpaired) electrons. The van der Waals surface area contributed by atoms with Gasteiger partial charge in [0.2, 0.25) is 11.8 Å². The van der Waals surface area contributed by atoms with E-state index in [1.807, 2.05) is 4.90 Å². The van der Waals surface area contributed by atoms with E-state index >= 15 is 0 Å². The summed E-state index contributed by atoms with van der Waals surface area (Å²) in [4.78, 5) is 36.7. The molecular formula is C18H27N5O2. The van der Waals surface area contributed by atoms with E-state index in [0.717, 1.165) is 57.6 Å². The Balaban J connectivity index is 1.38. The first-order chi connectivity index (χ1) is 12.2. The number of amides is 2. The molecule has 0 unspecified atom stereocenters. The number of carbonyl (C=O) groups is 2. The topological polar surface area (TPSA) is 78.4 Å². The molecule has 2 amide bonds. The van der Waals surface area contributed by atoms with Crippen LogP contribution in [0.4, 0.5) is 5.82 Å². The quantitative estimate of drug-likeness (QED) is 0.872. The number of aromatic nitrogens is 2. The number of likely N-dealkylation sites (tertiary alicyclic amines) is 1. The van der Waals surface area contributed by atoms with Gasteiger partial charge in [0.25, 0.3) is 0 Å². The van der Waals surface area contributed by atoms with Gasteiger partial charge in [-0.1, -0.05) is 6.42 Å². The molecule has 2 fully saturated rings. The predicted molar refractivity (Wildman–Crippen MR) is 95.1 cm³/mol. The van der Waals surface area contributed by atoms with Crippen LogP contribution < -0.4 is 10.2 Å². The Morgan fingerprint density at radius 1 is 1.16 bits per heavy atom. The molecule has 1 aromatic rings. The molecule has 2 aliphatic rings. The Morgan fingerprint density at radius 3 is 2.76 bits per heavy atom. The average Bonchev–Trinajstić information content (AvgIpc) is 2.85. The molecular weight excluding hydrogens is 318 g/mol. The zero-order valence-corrected chi connectivity index (χ0v) is 14.7. The van der Waals surface area contributed by atoms with E-state index in [1.165, 1.54) is 0 Å². The zero-order chi connectivity index (χ0) is 17.5. The van der Waals surface area contributed by atoms with Gasteiger partial charge in [0.05, 0.1) is 6.20 Å². The van der Waals surface area contributed by atoms with Crippen LogP contribution in [0.15, 0.2) is 18.6 Å². The lowest BCUT2D eigenvalue weighted by Crippen LogP contribution is -2.45. The molecule has 0 saturated carbocycles. The maximum absolute atomic E-state index is 12.2. The number of rotatable bonds is 5. The Morgan fingerprint density at radius 2 is 2.00 bits per heavy atom. The van der Waals surface area contributed by atoms with Crippen molar-refractivity contribution in [3.8, 4) is 0 Å². The standard InChI is InChI=1S/C18H27N5O2/c24-17(7-13-23-10-3-1-2-4-18(23)25)21-15-5-11-22(12-6-15)16-14-19-8-9-20-16/h8-9,14-15H,1-7,10-13H2,(H,21,24). The van der Waals surface area contributed by atoms with Crippen molar-refractivity contribution in [2.75, 3.05) is 31.1 Å². The van der Waals surface area contributed by atoms with Gasteiger partial charge in [-0.05, 0) is 25.7 Å². The van der Waals surface area contributed by atoms with Gasteiger partial charge in [0.1, 0.15) is 5.82 Å². The Kier molecular flexibility index (Phi) is 6.19. The van der Waals surface area contributed by atoms with Crippen molar-refractivity contribution in [3.63, 3.8) is 0 Å². The normalized spacial score (nSPS) is 19.6. The molecule has 2 saturated heterocycles. The molecule has 136 valence electrons. The molecule has 1 N–H and O–H groups in total. The third-order valence-electron chi connectivity index (χ3n) is 5.01. The van der Waals surface area contributed by atoms with Crippen LogP contribution in [0.1, 0.15) is 44.9 Å². The third-order valence-corrected chi connectivity index (χ3v) is 5.01. The molecule has 0 aromatic carbocycles. The average molecular weight is 345 g/mol. The Hall–Kier alpha value is -2.18. The van der Waals surface area contributed by atoms with E-state index in [2.05, 4.69) is 20.2 Å². The van der Waals surface area contributed by atoms with Gasteiger partial charge in [-0.2, -0.15) is 0 Å². The maximum Gasteiger partial charge on any atom is 0.222 e.